The van der Waals surface area contributed by atoms with Crippen LogP contribution in [-0.4, -0.2) is 9.97 Å². The van der Waals surface area contributed by atoms with Crippen LogP contribution < -0.4 is 10.4 Å². The largest absolute Gasteiger partial charge is 0.228 e. The first-order valence-electron chi connectivity index (χ1n) is 18.0. The summed E-state index contributed by atoms with van der Waals surface area (Å²) in [6.45, 7) is 10.9. The van der Waals surface area contributed by atoms with Gasteiger partial charge in [-0.2, -0.15) is 0 Å². The fourth-order valence-electron chi connectivity index (χ4n) is 8.44. The Balaban J connectivity index is 1.38. The summed E-state index contributed by atoms with van der Waals surface area (Å²) in [6.07, 6.45) is 6.26. The van der Waals surface area contributed by atoms with Crippen molar-refractivity contribution in [3.05, 3.63) is 180 Å². The molecule has 1 heterocycles. The van der Waals surface area contributed by atoms with Crippen molar-refractivity contribution in [2.24, 2.45) is 0 Å². The lowest BCUT2D eigenvalue weighted by atomic mass is 9.82. The number of fused-ring (bicyclic) bond motifs is 5. The Labute approximate surface area is 304 Å². The van der Waals surface area contributed by atoms with Gasteiger partial charge >= 0.3 is 0 Å². The van der Waals surface area contributed by atoms with Gasteiger partial charge in [0, 0.05) is 21.9 Å². The second kappa shape index (κ2) is 12.4. The Hall–Kier alpha value is -6.38. The molecule has 1 aliphatic rings. The molecule has 0 fully saturated rings. The Kier molecular flexibility index (Phi) is 7.56. The highest BCUT2D eigenvalue weighted by atomic mass is 14.9. The van der Waals surface area contributed by atoms with Crippen LogP contribution in [0.25, 0.3) is 89.9 Å². The van der Waals surface area contributed by atoms with Crippen molar-refractivity contribution in [3.63, 3.8) is 0 Å². The quantitative estimate of drug-likeness (QED) is 0.183. The van der Waals surface area contributed by atoms with E-state index >= 15 is 0 Å². The van der Waals surface area contributed by atoms with Crippen LogP contribution in [-0.2, 0) is 5.41 Å². The molecule has 248 valence electrons. The Morgan fingerprint density at radius 3 is 1.88 bits per heavy atom. The van der Waals surface area contributed by atoms with E-state index in [0.29, 0.717) is 5.82 Å². The van der Waals surface area contributed by atoms with E-state index in [4.69, 9.17) is 9.97 Å². The topological polar surface area (TPSA) is 25.8 Å². The highest BCUT2D eigenvalue weighted by Crippen LogP contribution is 2.52. The number of nitrogens with zero attached hydrogens (tertiary/aromatic N) is 2. The predicted octanol–water partition coefficient (Wildman–Crippen LogP) is 11.5. The summed E-state index contributed by atoms with van der Waals surface area (Å²) in [5, 5.41) is 5.59. The van der Waals surface area contributed by atoms with Crippen molar-refractivity contribution < 1.29 is 0 Å². The number of hydrogen-bond donors (Lipinski definition) is 0. The molecule has 0 amide bonds. The molecule has 9 rings (SSSR count). The van der Waals surface area contributed by atoms with Gasteiger partial charge in [-0.05, 0) is 84.8 Å². The van der Waals surface area contributed by atoms with Gasteiger partial charge in [0.2, 0.25) is 0 Å². The van der Waals surface area contributed by atoms with E-state index in [9.17, 15) is 0 Å². The van der Waals surface area contributed by atoms with Crippen molar-refractivity contribution in [1.82, 2.24) is 9.97 Å². The molecule has 1 aliphatic carbocycles. The fraction of sp³-hybridized carbons (Fsp3) is 0.0800. The Bertz CT molecular complexity index is 2830. The zero-order chi connectivity index (χ0) is 35.4. The SMILES string of the molecule is C=C/C=c1/c(-c2ccccc2)c2ccccc2c(-c2nc(-c3ccccc3)nc3cc(-c4cccc5c4-c4ccccc4C5(C)C)ccc23)/c1=C/C. The molecule has 0 radical (unpaired) electrons. The monoisotopic (exact) mass is 666 g/mol. The minimum atomic E-state index is -0.0746. The fourth-order valence-corrected chi connectivity index (χ4v) is 8.44. The van der Waals surface area contributed by atoms with Crippen LogP contribution in [0.3, 0.4) is 0 Å². The van der Waals surface area contributed by atoms with Crippen molar-refractivity contribution in [1.29, 1.82) is 0 Å². The summed E-state index contributed by atoms with van der Waals surface area (Å²) in [5.41, 5.74) is 13.9. The maximum Gasteiger partial charge on any atom is 0.160 e. The molecule has 0 atom stereocenters. The molecule has 0 N–H and O–H groups in total. The van der Waals surface area contributed by atoms with Gasteiger partial charge in [0.25, 0.3) is 0 Å². The second-order valence-electron chi connectivity index (χ2n) is 14.1. The smallest absolute Gasteiger partial charge is 0.160 e. The van der Waals surface area contributed by atoms with Gasteiger partial charge in [0.05, 0.1) is 11.2 Å². The van der Waals surface area contributed by atoms with Gasteiger partial charge in [-0.25, -0.2) is 9.97 Å². The Morgan fingerprint density at radius 2 is 1.15 bits per heavy atom. The van der Waals surface area contributed by atoms with Crippen LogP contribution in [0.2, 0.25) is 0 Å². The van der Waals surface area contributed by atoms with E-state index in [2.05, 4.69) is 179 Å². The van der Waals surface area contributed by atoms with Gasteiger partial charge < -0.3 is 0 Å². The van der Waals surface area contributed by atoms with Crippen molar-refractivity contribution in [2.45, 2.75) is 26.2 Å². The molecule has 0 aliphatic heterocycles. The van der Waals surface area contributed by atoms with Crippen LogP contribution in [0.4, 0.5) is 0 Å². The molecule has 8 aromatic rings. The van der Waals surface area contributed by atoms with E-state index in [1.165, 1.54) is 44.3 Å². The lowest BCUT2D eigenvalue weighted by molar-refractivity contribution is 0.660. The summed E-state index contributed by atoms with van der Waals surface area (Å²) in [6, 6.07) is 52.1. The molecular weight excluding hydrogens is 629 g/mol. The number of allylic oxidation sites excluding steroid dienone is 1. The number of benzene rings is 7. The lowest BCUT2D eigenvalue weighted by Gasteiger charge is -2.21. The minimum absolute atomic E-state index is 0.0746. The summed E-state index contributed by atoms with van der Waals surface area (Å²) in [5.74, 6) is 0.706. The van der Waals surface area contributed by atoms with Crippen LogP contribution in [0.5, 0.6) is 0 Å². The summed E-state index contributed by atoms with van der Waals surface area (Å²) >= 11 is 0. The maximum atomic E-state index is 5.44. The number of aromatic nitrogens is 2. The summed E-state index contributed by atoms with van der Waals surface area (Å²) in [7, 11) is 0. The van der Waals surface area contributed by atoms with Crippen molar-refractivity contribution in [2.75, 3.05) is 0 Å². The standard InChI is InChI=1S/C50H38N2/c1-5-18-37-35(6-2)47(39-24-14-13-23-38(39)45(37)32-19-9-7-10-20-32)48-41-30-29-34(31-44(41)51-49(52-48)33-21-11-8-12-22-33)36-26-17-28-43-46(36)40-25-15-16-27-42(40)50(43,3)4/h5-31H,1H2,2-4H3/b35-6+,37-18+. The van der Waals surface area contributed by atoms with Crippen LogP contribution in [0, 0.1) is 0 Å². The zero-order valence-electron chi connectivity index (χ0n) is 29.7. The third-order valence-electron chi connectivity index (χ3n) is 10.8. The Morgan fingerprint density at radius 1 is 0.519 bits per heavy atom. The van der Waals surface area contributed by atoms with E-state index in [0.717, 1.165) is 49.1 Å². The van der Waals surface area contributed by atoms with Crippen LogP contribution >= 0.6 is 0 Å². The van der Waals surface area contributed by atoms with Crippen LogP contribution in [0.1, 0.15) is 31.9 Å². The van der Waals surface area contributed by atoms with Gasteiger partial charge in [-0.1, -0.05) is 172 Å². The van der Waals surface area contributed by atoms with E-state index in [1.54, 1.807) is 0 Å². The first-order valence-corrected chi connectivity index (χ1v) is 18.0. The molecule has 0 bridgehead atoms. The molecular formula is C50H38N2. The van der Waals surface area contributed by atoms with Crippen molar-refractivity contribution in [3.8, 4) is 56.0 Å². The van der Waals surface area contributed by atoms with Crippen molar-refractivity contribution >= 4 is 33.8 Å². The zero-order valence-corrected chi connectivity index (χ0v) is 29.7. The van der Waals surface area contributed by atoms with Crippen LogP contribution in [0.15, 0.2) is 158 Å². The third-order valence-corrected chi connectivity index (χ3v) is 10.8. The minimum Gasteiger partial charge on any atom is -0.228 e. The second-order valence-corrected chi connectivity index (χ2v) is 14.1. The average molecular weight is 667 g/mol. The van der Waals surface area contributed by atoms with E-state index < -0.39 is 0 Å². The van der Waals surface area contributed by atoms with E-state index in [1.807, 2.05) is 12.1 Å². The molecule has 2 heteroatoms. The molecule has 7 aromatic carbocycles. The highest BCUT2D eigenvalue weighted by molar-refractivity contribution is 6.09. The molecule has 1 aromatic heterocycles. The van der Waals surface area contributed by atoms with E-state index in [-0.39, 0.29) is 5.41 Å². The average Bonchev–Trinajstić information content (AvgIpc) is 3.43. The summed E-state index contributed by atoms with van der Waals surface area (Å²) < 4.78 is 0. The number of hydrogen-bond acceptors (Lipinski definition) is 2. The molecule has 0 saturated carbocycles. The molecule has 2 nitrogen and oxygen atoms in total. The lowest BCUT2D eigenvalue weighted by Crippen LogP contribution is -2.29. The first-order chi connectivity index (χ1) is 25.5. The van der Waals surface area contributed by atoms with Gasteiger partial charge in [0.15, 0.2) is 5.82 Å². The summed E-state index contributed by atoms with van der Waals surface area (Å²) in [4.78, 5) is 10.7. The third kappa shape index (κ3) is 4.86. The normalized spacial score (nSPS) is 13.8. The highest BCUT2D eigenvalue weighted by Gasteiger charge is 2.36. The first kappa shape index (κ1) is 31.6. The van der Waals surface area contributed by atoms with Gasteiger partial charge in [-0.15, -0.1) is 0 Å². The maximum absolute atomic E-state index is 5.44. The predicted molar refractivity (Wildman–Crippen MR) is 220 cm³/mol. The number of rotatable bonds is 5. The van der Waals surface area contributed by atoms with Gasteiger partial charge in [0.1, 0.15) is 0 Å². The van der Waals surface area contributed by atoms with Gasteiger partial charge in [-0.3, -0.25) is 0 Å². The molecule has 52 heavy (non-hydrogen) atoms. The molecule has 0 unspecified atom stereocenters. The molecule has 0 spiro atoms. The molecule has 0 saturated heterocycles.